The van der Waals surface area contributed by atoms with Crippen LogP contribution < -0.4 is 24.7 Å². The quantitative estimate of drug-likeness (QED) is 0.0117. The molecule has 0 aliphatic rings. The number of aromatic amines is 2. The van der Waals surface area contributed by atoms with E-state index in [-0.39, 0.29) is 57.4 Å². The number of hydrogen-bond donors (Lipinski definition) is 6. The molecule has 0 saturated carbocycles. The van der Waals surface area contributed by atoms with Crippen LogP contribution in [0.3, 0.4) is 0 Å². The molecule has 7 N–H and O–H groups in total. The fraction of sp³-hybridized carbons (Fsp3) is 0.515. The van der Waals surface area contributed by atoms with Crippen molar-refractivity contribution >= 4 is 101 Å². The predicted octanol–water partition coefficient (Wildman–Crippen LogP) is 22.3. The highest BCUT2D eigenvalue weighted by molar-refractivity contribution is 7.90. The van der Waals surface area contributed by atoms with Gasteiger partial charge in [-0.2, -0.15) is 15.3 Å². The van der Waals surface area contributed by atoms with Gasteiger partial charge in [-0.25, -0.2) is 63.8 Å². The molecule has 39 heteroatoms. The Morgan fingerprint density at radius 2 is 0.819 bits per heavy atom. The minimum atomic E-state index is -3.51. The Hall–Kier alpha value is -8.61. The number of nitrogens with zero attached hydrogens (tertiary/aromatic N) is 10. The van der Waals surface area contributed by atoms with Crippen molar-refractivity contribution in [2.45, 2.75) is 279 Å². The lowest BCUT2D eigenvalue weighted by molar-refractivity contribution is 0.0195. The summed E-state index contributed by atoms with van der Waals surface area (Å²) >= 11 is 0. The second kappa shape index (κ2) is 48.4. The van der Waals surface area contributed by atoms with Crippen LogP contribution in [-0.2, 0) is 114 Å². The summed E-state index contributed by atoms with van der Waals surface area (Å²) in [5.74, 6) is 0.249. The summed E-state index contributed by atoms with van der Waals surface area (Å²) in [7, 11) is -14.5. The third kappa shape index (κ3) is 32.5. The number of hydrogen-bond acceptors (Lipinski definition) is 20. The zero-order chi connectivity index (χ0) is 101. The van der Waals surface area contributed by atoms with Gasteiger partial charge in [0.25, 0.3) is 0 Å². The number of fused-ring (bicyclic) bond motifs is 3. The van der Waals surface area contributed by atoms with Gasteiger partial charge in [-0.15, -0.1) is 0 Å². The maximum atomic E-state index is 15.6. The van der Waals surface area contributed by atoms with E-state index in [4.69, 9.17) is 63.8 Å². The van der Waals surface area contributed by atoms with Crippen LogP contribution in [0.5, 0.6) is 17.2 Å². The van der Waals surface area contributed by atoms with E-state index in [9.17, 15) is 26.3 Å². The second-order valence-corrected chi connectivity index (χ2v) is 81.5. The van der Waals surface area contributed by atoms with E-state index in [0.717, 1.165) is 125 Å². The minimum Gasteiger partial charge on any atom is -0.505 e. The lowest BCUT2D eigenvalue weighted by Crippen LogP contribution is -2.30. The van der Waals surface area contributed by atoms with Crippen LogP contribution in [0.1, 0.15) is 82.2 Å². The summed E-state index contributed by atoms with van der Waals surface area (Å²) in [6.07, 6.45) is 7.37. The monoisotopic (exact) mass is 2050 g/mol. The predicted molar refractivity (Wildman–Crippen MR) is 567 cm³/mol. The Morgan fingerprint density at radius 1 is 0.449 bits per heavy atom. The molecular formula is C99H150F3N15O13S2Si6. The molecular weight excluding hydrogens is 1900 g/mol. The summed E-state index contributed by atoms with van der Waals surface area (Å²) in [6.45, 7) is 59.6. The molecule has 0 radical (unpaired) electrons. The molecule has 138 heavy (non-hydrogen) atoms. The first kappa shape index (κ1) is 111. The number of ether oxygens (including phenoxy) is 8. The standard InChI is InChI=1S/C40H66FN5O6SSi3.C37H60FN5O4Si3.C22H24FN5O3S/c1-13-31-23-38(52-29-51-18-21-56(10,11)12)36(41)24-35(31)32-14-15-34-37(22-32)46(28-50-17-20-55(7,8)9)44-39(34)40-43-33(25-42-53(47,48)30(2)3)26-45(40)27-49-16-19-54(4,5)6;1-11-28-21-35(47-27-46-16-19-50(8,9)10)33(38)22-32(28)29-12-13-31-34(20-29)43(26-45-15-18-49(5,6)7)41-36(31)37-40-30(23-39)24-42(37)25-44-14-17-48(2,3)4;1-4-13-8-20(29)18(23)9-17(13)14-5-6-16-19(7-14)27-28-21(16)22-24-10-15(26-22)11-25-32(30,31)12(2)3/h14-15,22-24,26,30,42H,13,16-21,25,27-29H2,1-12H3;12-13,20-22,24H,11,14-19,23,25-27,39H2,1-10H3;5-10,12,25,29H,4,11H2,1-3H3,(H,24,26)(H,27,28). The fourth-order valence-corrected chi connectivity index (χ4v) is 20.4. The zero-order valence-corrected chi connectivity index (χ0v) is 93.5. The third-order valence-electron chi connectivity index (χ3n) is 23.4. The summed E-state index contributed by atoms with van der Waals surface area (Å²) in [4.78, 5) is 17.2. The van der Waals surface area contributed by atoms with Crippen LogP contribution in [0.4, 0.5) is 13.2 Å². The Kier molecular flexibility index (Phi) is 39.1. The Balaban J connectivity index is 0.000000221. The highest BCUT2D eigenvalue weighted by Gasteiger charge is 2.29. The van der Waals surface area contributed by atoms with Crippen molar-refractivity contribution < 1.29 is 73.0 Å². The molecule has 0 bridgehead atoms. The molecule has 0 aliphatic heterocycles. The maximum Gasteiger partial charge on any atom is 0.214 e. The van der Waals surface area contributed by atoms with Crippen molar-refractivity contribution in [3.63, 3.8) is 0 Å². The van der Waals surface area contributed by atoms with Crippen molar-refractivity contribution in [1.82, 2.24) is 68.3 Å². The van der Waals surface area contributed by atoms with Gasteiger partial charge in [-0.05, 0) is 206 Å². The molecule has 6 aromatic heterocycles. The first-order chi connectivity index (χ1) is 64.7. The van der Waals surface area contributed by atoms with Gasteiger partial charge in [-0.3, -0.25) is 5.10 Å². The van der Waals surface area contributed by atoms with Crippen molar-refractivity contribution in [2.75, 3.05) is 53.2 Å². The van der Waals surface area contributed by atoms with Crippen LogP contribution in [0, 0.1) is 17.5 Å². The van der Waals surface area contributed by atoms with E-state index in [0.29, 0.717) is 125 Å². The van der Waals surface area contributed by atoms with E-state index in [1.807, 2.05) is 93.3 Å². The van der Waals surface area contributed by atoms with Gasteiger partial charge in [-0.1, -0.05) is 157 Å². The van der Waals surface area contributed by atoms with Gasteiger partial charge in [0, 0.05) is 123 Å². The smallest absolute Gasteiger partial charge is 0.214 e. The van der Waals surface area contributed by atoms with Gasteiger partial charge in [0.1, 0.15) is 44.0 Å². The summed E-state index contributed by atoms with van der Waals surface area (Å²) in [5.41, 5.74) is 19.9. The number of nitrogens with one attached hydrogen (secondary N) is 4. The van der Waals surface area contributed by atoms with Crippen LogP contribution in [0.15, 0.2) is 110 Å². The van der Waals surface area contributed by atoms with E-state index < -0.39 is 96.4 Å². The number of halogens is 3. The Morgan fingerprint density at radius 3 is 1.22 bits per heavy atom. The molecule has 756 valence electrons. The molecule has 0 fully saturated rings. The molecule has 28 nitrogen and oxygen atoms in total. The molecule has 0 amide bonds. The van der Waals surface area contributed by atoms with E-state index in [1.165, 1.54) is 12.1 Å². The van der Waals surface area contributed by atoms with Gasteiger partial charge in [0.2, 0.25) is 20.0 Å². The number of phenolic OH excluding ortho intramolecular Hbond substituents is 1. The van der Waals surface area contributed by atoms with Crippen LogP contribution in [-0.4, -0.2) is 193 Å². The molecule has 12 rings (SSSR count). The molecule has 6 aromatic carbocycles. The van der Waals surface area contributed by atoms with E-state index in [1.54, 1.807) is 58.2 Å². The molecule has 12 aromatic rings. The van der Waals surface area contributed by atoms with Crippen LogP contribution in [0.25, 0.3) is 101 Å². The van der Waals surface area contributed by atoms with E-state index in [2.05, 4.69) is 160 Å². The number of phenols is 1. The third-order valence-corrected chi connectivity index (χ3v) is 37.2. The number of aromatic nitrogens is 12. The number of H-pyrrole nitrogens is 2. The maximum absolute atomic E-state index is 15.6. The number of nitrogens with two attached hydrogens (primary N) is 1. The summed E-state index contributed by atoms with van der Waals surface area (Å²) < 4.78 is 155. The first-order valence-electron chi connectivity index (χ1n) is 48.0. The Bertz CT molecular complexity index is 6300. The Labute approximate surface area is 820 Å². The lowest BCUT2D eigenvalue weighted by atomic mass is 9.96. The van der Waals surface area contributed by atoms with Gasteiger partial charge in [0.05, 0.1) is 63.4 Å². The van der Waals surface area contributed by atoms with Crippen molar-refractivity contribution in [3.05, 3.63) is 161 Å². The number of imidazole rings is 3. The van der Waals surface area contributed by atoms with Crippen molar-refractivity contribution in [1.29, 1.82) is 0 Å². The molecule has 0 spiro atoms. The SMILES string of the molecule is CCc1cc(O)c(F)cc1-c1ccc2c(-c3ncc(CNS(=O)(=O)C(C)C)[nH]3)n[nH]c2c1.CCc1cc(OCOCC[Si](C)(C)C)c(F)cc1-c1ccc2c(-c3nc(CN)cn3COCC[Si](C)(C)C)nn(COCC[Si](C)(C)C)c2c1.CCc1cc(OCOCC[Si](C)(C)C)c(F)cc1-c1ccc2c(-c3nc(CNS(=O)(=O)C(C)C)cn3COCC[Si](C)(C)C)nn(COCC[Si](C)(C)C)c2c1. The average Bonchev–Trinajstić information content (AvgIpc) is 1.61. The second-order valence-electron chi connectivity index (χ2n) is 43.1. The molecule has 0 aliphatic carbocycles. The highest BCUT2D eigenvalue weighted by atomic mass is 32.2. The van der Waals surface area contributed by atoms with Crippen LogP contribution in [0.2, 0.25) is 154 Å². The van der Waals surface area contributed by atoms with Crippen molar-refractivity contribution in [2.24, 2.45) is 5.73 Å². The largest absolute Gasteiger partial charge is 0.505 e. The molecule has 0 atom stereocenters. The summed E-state index contributed by atoms with van der Waals surface area (Å²) in [5, 5.41) is 28.6. The topological polar surface area (TPSA) is 341 Å². The number of aromatic hydroxyl groups is 1. The first-order valence-corrected chi connectivity index (χ1v) is 73.3. The number of sulfonamides is 2. The van der Waals surface area contributed by atoms with Crippen LogP contribution >= 0.6 is 0 Å². The molecule has 0 saturated heterocycles. The normalized spacial score (nSPS) is 12.7. The van der Waals surface area contributed by atoms with Gasteiger partial charge < -0.3 is 62.9 Å². The van der Waals surface area contributed by atoms with Gasteiger partial charge >= 0.3 is 0 Å². The van der Waals surface area contributed by atoms with Gasteiger partial charge in [0.15, 0.2) is 65.8 Å². The highest BCUT2D eigenvalue weighted by Crippen LogP contribution is 2.40. The zero-order valence-electron chi connectivity index (χ0n) is 85.9. The average molecular weight is 2050 g/mol. The van der Waals surface area contributed by atoms with Crippen molar-refractivity contribution in [3.8, 4) is 85.2 Å². The molecule has 0 unspecified atom stereocenters. The lowest BCUT2D eigenvalue weighted by Gasteiger charge is -2.17. The minimum absolute atomic E-state index is 0.0000405. The van der Waals surface area contributed by atoms with E-state index >= 15 is 8.78 Å². The number of aryl methyl sites for hydroxylation is 3. The number of rotatable bonds is 50. The summed E-state index contributed by atoms with van der Waals surface area (Å²) in [6, 6.07) is 33.4. The molecule has 6 heterocycles. The number of benzene rings is 6. The fourth-order valence-electron chi connectivity index (χ4n) is 14.5.